The lowest BCUT2D eigenvalue weighted by Crippen LogP contribution is -3.00. The van der Waals surface area contributed by atoms with Gasteiger partial charge in [-0.05, 0) is 202 Å². The van der Waals surface area contributed by atoms with Gasteiger partial charge < -0.3 is 86.5 Å². The van der Waals surface area contributed by atoms with E-state index >= 15 is 0 Å². The Morgan fingerprint density at radius 2 is 0.649 bits per heavy atom. The fourth-order valence-electron chi connectivity index (χ4n) is 15.2. The summed E-state index contributed by atoms with van der Waals surface area (Å²) in [5.41, 5.74) is 18.9. The summed E-state index contributed by atoms with van der Waals surface area (Å²) in [5.74, 6) is 0. The molecular weight excluding hydrogens is 1910 g/mol. The molecule has 0 N–H and O–H groups in total. The van der Waals surface area contributed by atoms with Crippen LogP contribution in [0.2, 0.25) is 0 Å². The first kappa shape index (κ1) is 123. The summed E-state index contributed by atoms with van der Waals surface area (Å²) in [7, 11) is 22.9. The highest BCUT2D eigenvalue weighted by Crippen LogP contribution is 2.46. The maximum absolute atomic E-state index is 13.6. The smallest absolute Gasteiger partial charge is 0.418 e. The Morgan fingerprint density at radius 3 is 1.08 bits per heavy atom. The number of hydrogen-bond donors (Lipinski definition) is 0. The van der Waals surface area contributed by atoms with Crippen LogP contribution in [-0.4, -0.2) is 162 Å². The summed E-state index contributed by atoms with van der Waals surface area (Å²) in [6.07, 6.45) is -7.48. The molecule has 10 aliphatic rings. The van der Waals surface area contributed by atoms with Crippen LogP contribution in [0, 0.1) is 27.7 Å². The van der Waals surface area contributed by atoms with Crippen molar-refractivity contribution in [1.82, 2.24) is 47.8 Å². The highest BCUT2D eigenvalue weighted by molar-refractivity contribution is 7.23. The molecule has 5 heterocycles. The van der Waals surface area contributed by atoms with Gasteiger partial charge in [-0.15, -0.1) is 56.7 Å². The van der Waals surface area contributed by atoms with E-state index in [1.807, 2.05) is 34.0 Å². The molecule has 134 heavy (non-hydrogen) atoms. The molecular formula is C103H140Cl5F6N15S5. The second-order valence-corrected chi connectivity index (χ2v) is 37.6. The van der Waals surface area contributed by atoms with Crippen LogP contribution in [0.3, 0.4) is 0 Å². The van der Waals surface area contributed by atoms with E-state index in [0.717, 1.165) is 122 Å². The molecule has 31 heteroatoms. The van der Waals surface area contributed by atoms with E-state index in [2.05, 4.69) is 305 Å². The fraction of sp³-hybridized carbons (Fsp3) is 0.417. The van der Waals surface area contributed by atoms with Gasteiger partial charge in [0, 0.05) is 158 Å². The van der Waals surface area contributed by atoms with E-state index in [9.17, 15) is 26.3 Å². The molecule has 0 spiro atoms. The molecule has 5 aliphatic heterocycles. The average Bonchev–Trinajstić information content (AvgIpc) is 0.730. The Hall–Kier alpha value is -8.67. The minimum absolute atomic E-state index is 0. The van der Waals surface area contributed by atoms with E-state index in [1.54, 1.807) is 39.5 Å². The summed E-state index contributed by atoms with van der Waals surface area (Å²) in [6, 6.07) is 45.0. The van der Waals surface area contributed by atoms with E-state index in [-0.39, 0.29) is 120 Å². The summed E-state index contributed by atoms with van der Waals surface area (Å²) in [5, 5.41) is 5.34. The molecule has 15 rings (SSSR count). The predicted octanol–water partition coefficient (Wildman–Crippen LogP) is 8.21. The van der Waals surface area contributed by atoms with Crippen LogP contribution in [0.4, 0.5) is 54.8 Å². The minimum atomic E-state index is -4.75. The normalized spacial score (nSPS) is 10.7. The van der Waals surface area contributed by atoms with Crippen LogP contribution < -0.4 is 136 Å². The Balaban J connectivity index is 0.000000826. The Morgan fingerprint density at radius 1 is 0.299 bits per heavy atom. The third-order valence-electron chi connectivity index (χ3n) is 22.5. The second-order valence-electron chi connectivity index (χ2n) is 32.2. The van der Waals surface area contributed by atoms with Gasteiger partial charge in [0.15, 0.2) is 0 Å². The first-order valence-electron chi connectivity index (χ1n) is 42.5. The zero-order chi connectivity index (χ0) is 90.4. The number of aryl methyl sites for hydroxylation is 6. The van der Waals surface area contributed by atoms with Gasteiger partial charge >= 0.3 is 12.4 Å². The number of hydrogen-bond acceptors (Lipinski definition) is 15. The van der Waals surface area contributed by atoms with Crippen molar-refractivity contribution in [3.63, 3.8) is 0 Å². The standard InChI is InChI=1S/C24H34N3S.C22H30N3S.C18H16F6N3S.C18H22N3S.C16H18N3S.5CH4.5ClH/c1-7-17-13-19(26(9-3)10-4)15-21-23(17)25-24-18(8-2)14-20(16-22(24)28-21)27(11-5)12-6;1-7-24(8-2)17-11-15(5)21-19(13-17)26-20-14-18(25(9-3)10-4)12-16(6)22(20)23-21;1-26(2)9-5-11(17(19,20)21)15-13(7-9)28-14-8-10(27(3)4)6-12(16(14)25-15)18(22,23)24;1-11-7-13(20(3)4)9-15-17(11)19-18-12(2)8-14(21(5)6)10-16(18)22-15;1-18(2)11-5-7-13-15(9-11)20-16-10-12(19(3)4)6-8-14(16)17-13;;;;;;;;;;/h13-16H,7-12H2,1-6H3;11-14H,7-10H2,1-6H3;5-8H,1-4H3;7-10H,1-6H3;5-10H,1-4H3;5*1H4;5*1H/q5*+1;;;;;;;;;;/p-5/i;;;3+1,4+1,5+1,6+1;1+1,2+1,3+1,4+1;;;;;;;;;;. The van der Waals surface area contributed by atoms with Crippen LogP contribution >= 0.6 is 56.7 Å². The van der Waals surface area contributed by atoms with Gasteiger partial charge in [-0.1, -0.05) is 51.0 Å². The maximum atomic E-state index is 13.6. The van der Waals surface area contributed by atoms with E-state index in [4.69, 9.17) is 19.9 Å². The molecule has 5 aromatic carbocycles. The Kier molecular flexibility index (Phi) is 48.6. The van der Waals surface area contributed by atoms with Crippen LogP contribution in [0.25, 0.3) is 104 Å². The molecule has 0 radical (unpaired) electrons. The number of rotatable bonds is 15. The predicted molar refractivity (Wildman–Crippen MR) is 557 cm³/mol. The molecule has 0 saturated heterocycles. The van der Waals surface area contributed by atoms with Crippen molar-refractivity contribution >= 4 is 136 Å². The number of anilines is 5. The van der Waals surface area contributed by atoms with Crippen molar-refractivity contribution in [2.45, 2.75) is 159 Å². The summed E-state index contributed by atoms with van der Waals surface area (Å²) in [4.78, 5) is 39.6. The lowest BCUT2D eigenvalue weighted by Gasteiger charge is -2.23. The number of nitrogens with zero attached hydrogens (tertiary/aromatic N) is 15. The number of halogens is 11. The summed E-state index contributed by atoms with van der Waals surface area (Å²) < 4.78 is 97.3. The largest absolute Gasteiger partial charge is 1.00 e. The van der Waals surface area contributed by atoms with Crippen molar-refractivity contribution in [2.75, 3.05) is 161 Å². The van der Waals surface area contributed by atoms with Crippen molar-refractivity contribution in [1.29, 1.82) is 0 Å². The van der Waals surface area contributed by atoms with Crippen molar-refractivity contribution in [2.24, 2.45) is 0 Å². The fourth-order valence-corrected chi connectivity index (χ4v) is 20.9. The zero-order valence-corrected chi connectivity index (χ0v) is 86.5. The third kappa shape index (κ3) is 27.9. The van der Waals surface area contributed by atoms with Gasteiger partial charge in [0.2, 0.25) is 26.8 Å². The molecule has 0 amide bonds. The zero-order valence-electron chi connectivity index (χ0n) is 78.7. The van der Waals surface area contributed by atoms with Gasteiger partial charge in [-0.3, -0.25) is 0 Å². The molecule has 0 saturated carbocycles. The number of benzene rings is 10. The average molecular weight is 2050 g/mol. The van der Waals surface area contributed by atoms with E-state index < -0.39 is 34.7 Å². The topological polar surface area (TPSA) is 95.7 Å². The molecule has 0 unspecified atom stereocenters. The van der Waals surface area contributed by atoms with Gasteiger partial charge in [0.05, 0.1) is 115 Å². The highest BCUT2D eigenvalue weighted by Gasteiger charge is 2.39. The third-order valence-corrected chi connectivity index (χ3v) is 27.8. The van der Waals surface area contributed by atoms with Gasteiger partial charge in [0.25, 0.3) is 0 Å². The maximum Gasteiger partial charge on any atom is 0.418 e. The molecule has 15 nitrogen and oxygen atoms in total. The molecule has 0 atom stereocenters. The molecule has 0 aromatic heterocycles. The number of aromatic nitrogens is 5. The summed E-state index contributed by atoms with van der Waals surface area (Å²) in [6.45, 7) is 39.1. The van der Waals surface area contributed by atoms with Crippen molar-refractivity contribution in [3.05, 3.63) is 205 Å². The van der Waals surface area contributed by atoms with Gasteiger partial charge in [-0.25, -0.2) is 47.8 Å². The van der Waals surface area contributed by atoms with Gasteiger partial charge in [0.1, 0.15) is 68.5 Å². The lowest BCUT2D eigenvalue weighted by atomic mass is 10.1. The number of fused-ring (bicyclic) bond motifs is 10. The first-order chi connectivity index (χ1) is 58.8. The van der Waals surface area contributed by atoms with Gasteiger partial charge in [-0.2, -0.15) is 26.3 Å². The molecule has 0 bridgehead atoms. The van der Waals surface area contributed by atoms with Crippen LogP contribution in [0.15, 0.2) is 133 Å². The molecule has 0 fully saturated rings. The molecule has 734 valence electrons. The SMILES string of the molecule is C.C.C.C.C.CCN(CC)c1cc(C)c2nc3c(C)cc(=[N+](CC)CC)cc-3sc2c1.CCc1cc(=[N+](CC)CC)cc2sc3cc(N(CC)CC)cc(CC)c3nc1-2.CN(C)c1cc(C(F)(F)F)c2nc3c(C(F)(F)F)cc(=[N+](C)C)cc-3sc2c1.Cc1cc(=[N+]([13CH3])[13CH3])cc2sc3cc(N([13CH3])[13CH3])cc(C)c3nc1-2.[13CH3]N([13CH3])c1ccc2nc3ccc(=[N+]([13CH3])[13CH3])cc-3sc2c1.[Cl-].[Cl-].[Cl-].[Cl-].[Cl-]. The summed E-state index contributed by atoms with van der Waals surface area (Å²) >= 11 is 8.25. The minimum Gasteiger partial charge on any atom is -1.00 e. The second kappa shape index (κ2) is 52.8. The quantitative estimate of drug-likeness (QED) is 0.0433. The first-order valence-corrected chi connectivity index (χ1v) is 46.6. The van der Waals surface area contributed by atoms with E-state index in [1.165, 1.54) is 149 Å². The highest BCUT2D eigenvalue weighted by atomic mass is 35.5. The van der Waals surface area contributed by atoms with Crippen molar-refractivity contribution in [3.8, 4) is 52.9 Å². The van der Waals surface area contributed by atoms with Crippen LogP contribution in [0.5, 0.6) is 0 Å². The lowest BCUT2D eigenvalue weighted by molar-refractivity contribution is -0.137. The van der Waals surface area contributed by atoms with Crippen LogP contribution in [-0.2, 0) is 25.2 Å². The molecule has 5 aromatic rings. The Bertz CT molecular complexity index is 6650. The Labute approximate surface area is 843 Å². The molecule has 5 aliphatic carbocycles. The van der Waals surface area contributed by atoms with Crippen LogP contribution in [0.1, 0.15) is 151 Å². The van der Waals surface area contributed by atoms with E-state index in [0.29, 0.717) is 0 Å². The van der Waals surface area contributed by atoms with Crippen molar-refractivity contribution < 1.29 is 88.4 Å². The number of alkyl halides is 6. The monoisotopic (exact) mass is 2040 g/mol.